The molecule has 4 atom stereocenters. The molecule has 0 spiro atoms. The van der Waals surface area contributed by atoms with Crippen molar-refractivity contribution >= 4 is 29.3 Å². The molecule has 4 N–H and O–H groups in total. The zero-order chi connectivity index (χ0) is 36.2. The summed E-state index contributed by atoms with van der Waals surface area (Å²) in [6, 6.07) is 17.8. The molecule has 0 aliphatic carbocycles. The Morgan fingerprint density at radius 3 is 2.36 bits per heavy atom. The molecular formula is C38H50N4O8. The summed E-state index contributed by atoms with van der Waals surface area (Å²) < 4.78 is 17.9. The number of aliphatic hydroxyl groups is 1. The molecule has 0 saturated carbocycles. The Bertz CT molecular complexity index is 1570. The van der Waals surface area contributed by atoms with E-state index in [0.29, 0.717) is 49.1 Å². The smallest absolute Gasteiger partial charge is 0.335 e. The number of rotatable bonds is 10. The van der Waals surface area contributed by atoms with Crippen molar-refractivity contribution in [2.45, 2.75) is 64.8 Å². The molecule has 3 aromatic rings. The molecule has 0 bridgehead atoms. The van der Waals surface area contributed by atoms with Gasteiger partial charge in [0.2, 0.25) is 0 Å². The number of nitrogens with one attached hydrogen (secondary N) is 2. The predicted molar refractivity (Wildman–Crippen MR) is 192 cm³/mol. The molecule has 50 heavy (non-hydrogen) atoms. The van der Waals surface area contributed by atoms with Crippen LogP contribution in [-0.4, -0.2) is 96.6 Å². The van der Waals surface area contributed by atoms with Gasteiger partial charge in [0.1, 0.15) is 11.5 Å². The molecule has 1 aliphatic heterocycles. The van der Waals surface area contributed by atoms with Gasteiger partial charge < -0.3 is 40.0 Å². The molecule has 12 nitrogen and oxygen atoms in total. The van der Waals surface area contributed by atoms with Crippen molar-refractivity contribution in [2.24, 2.45) is 5.92 Å². The summed E-state index contributed by atoms with van der Waals surface area (Å²) in [5.41, 5.74) is 2.48. The standard InChI is InChI=1S/C38H50N4O8/c1-25-21-42(26(2)24-43)36(44)33-20-31(40-38(47)39-30-13-16-32(48-5)17-14-30)15-18-34(33)50-27(3)8-6-7-19-49-35(25)23-41(4)22-28-9-11-29(12-10-28)37(45)46/h9-18,20,25-27,35,43H,6-8,19,21-24H2,1-5H3,(H,45,46)(H2,39,40,47)/t25-,26-,27-,35-/m1/s1. The summed E-state index contributed by atoms with van der Waals surface area (Å²) in [4.78, 5) is 42.3. The number of fused-ring (bicyclic) bond motifs is 1. The van der Waals surface area contributed by atoms with E-state index in [1.165, 1.54) is 0 Å². The van der Waals surface area contributed by atoms with Crippen LogP contribution >= 0.6 is 0 Å². The van der Waals surface area contributed by atoms with Crippen molar-refractivity contribution in [1.29, 1.82) is 0 Å². The lowest BCUT2D eigenvalue weighted by Crippen LogP contribution is -2.47. The predicted octanol–water partition coefficient (Wildman–Crippen LogP) is 5.96. The minimum absolute atomic E-state index is 0.118. The number of urea groups is 1. The molecule has 0 radical (unpaired) electrons. The second-order valence-corrected chi connectivity index (χ2v) is 13.0. The molecule has 0 fully saturated rings. The van der Waals surface area contributed by atoms with Crippen LogP contribution in [0.5, 0.6) is 11.5 Å². The summed E-state index contributed by atoms with van der Waals surface area (Å²) >= 11 is 0. The van der Waals surface area contributed by atoms with Crippen molar-refractivity contribution in [3.8, 4) is 11.5 Å². The first-order chi connectivity index (χ1) is 24.0. The number of carbonyl (C=O) groups excluding carboxylic acids is 2. The molecule has 0 unspecified atom stereocenters. The maximum absolute atomic E-state index is 14.4. The Hall–Kier alpha value is -4.65. The molecule has 1 heterocycles. The van der Waals surface area contributed by atoms with E-state index >= 15 is 0 Å². The summed E-state index contributed by atoms with van der Waals surface area (Å²) in [5.74, 6) is -0.338. The maximum atomic E-state index is 14.4. The number of benzene rings is 3. The maximum Gasteiger partial charge on any atom is 0.335 e. The third-order valence-corrected chi connectivity index (χ3v) is 8.80. The third kappa shape index (κ3) is 10.9. The topological polar surface area (TPSA) is 150 Å². The summed E-state index contributed by atoms with van der Waals surface area (Å²) in [6.07, 6.45) is 2.05. The lowest BCUT2D eigenvalue weighted by Gasteiger charge is -2.36. The van der Waals surface area contributed by atoms with Gasteiger partial charge >= 0.3 is 12.0 Å². The van der Waals surface area contributed by atoms with Gasteiger partial charge in [-0.2, -0.15) is 0 Å². The first-order valence-electron chi connectivity index (χ1n) is 17.0. The minimum Gasteiger partial charge on any atom is -0.497 e. The molecule has 1 aliphatic rings. The fourth-order valence-electron chi connectivity index (χ4n) is 5.87. The molecule has 0 saturated heterocycles. The Labute approximate surface area is 294 Å². The van der Waals surface area contributed by atoms with E-state index in [4.69, 9.17) is 14.2 Å². The van der Waals surface area contributed by atoms with E-state index in [0.717, 1.165) is 24.8 Å². The monoisotopic (exact) mass is 690 g/mol. The van der Waals surface area contributed by atoms with Crippen LogP contribution in [0.15, 0.2) is 66.7 Å². The van der Waals surface area contributed by atoms with Crippen molar-refractivity contribution in [3.63, 3.8) is 0 Å². The number of amides is 3. The second-order valence-electron chi connectivity index (χ2n) is 13.0. The molecular weight excluding hydrogens is 640 g/mol. The number of ether oxygens (including phenoxy) is 3. The second kappa shape index (κ2) is 18.4. The van der Waals surface area contributed by atoms with E-state index in [1.54, 1.807) is 73.5 Å². The number of aromatic carboxylic acids is 1. The number of carbonyl (C=O) groups is 3. The molecule has 4 rings (SSSR count). The Morgan fingerprint density at radius 2 is 1.70 bits per heavy atom. The first-order valence-corrected chi connectivity index (χ1v) is 17.0. The van der Waals surface area contributed by atoms with Crippen LogP contribution in [-0.2, 0) is 11.3 Å². The largest absolute Gasteiger partial charge is 0.497 e. The number of likely N-dealkylation sites (N-methyl/N-ethyl adjacent to an activating group) is 1. The van der Waals surface area contributed by atoms with Crippen molar-refractivity contribution in [3.05, 3.63) is 83.4 Å². The SMILES string of the molecule is COc1ccc(NC(=O)Nc2ccc3c(c2)C(=O)N([C@H](C)CO)C[C@@H](C)[C@@H](CN(C)Cc2ccc(C(=O)O)cc2)OCCCC[C@@H](C)O3)cc1. The Balaban J connectivity index is 1.56. The van der Waals surface area contributed by atoms with Crippen molar-refractivity contribution in [2.75, 3.05) is 51.1 Å². The van der Waals surface area contributed by atoms with Crippen LogP contribution in [0, 0.1) is 5.92 Å². The summed E-state index contributed by atoms with van der Waals surface area (Å²) in [6.45, 7) is 7.57. The highest BCUT2D eigenvalue weighted by Gasteiger charge is 2.30. The average molecular weight is 691 g/mol. The van der Waals surface area contributed by atoms with E-state index in [2.05, 4.69) is 15.5 Å². The van der Waals surface area contributed by atoms with Gasteiger partial charge in [0.25, 0.3) is 5.91 Å². The van der Waals surface area contributed by atoms with Crippen LogP contribution in [0.4, 0.5) is 16.2 Å². The van der Waals surface area contributed by atoms with Crippen LogP contribution < -0.4 is 20.1 Å². The highest BCUT2D eigenvalue weighted by Crippen LogP contribution is 2.29. The molecule has 270 valence electrons. The number of hydrogen-bond acceptors (Lipinski definition) is 8. The quantitative estimate of drug-likeness (QED) is 0.202. The van der Waals surface area contributed by atoms with Gasteiger partial charge in [-0.3, -0.25) is 9.69 Å². The van der Waals surface area contributed by atoms with Gasteiger partial charge in [0.15, 0.2) is 0 Å². The zero-order valence-electron chi connectivity index (χ0n) is 29.6. The van der Waals surface area contributed by atoms with Crippen LogP contribution in [0.1, 0.15) is 66.3 Å². The summed E-state index contributed by atoms with van der Waals surface area (Å²) in [5, 5.41) is 25.1. The number of aliphatic hydroxyl groups excluding tert-OH is 1. The van der Waals surface area contributed by atoms with Gasteiger partial charge in [0, 0.05) is 43.5 Å². The fraction of sp³-hybridized carbons (Fsp3) is 0.447. The number of carboxylic acid groups (broad SMARTS) is 1. The van der Waals surface area contributed by atoms with Crippen LogP contribution in [0.25, 0.3) is 0 Å². The van der Waals surface area contributed by atoms with Gasteiger partial charge in [0.05, 0.1) is 43.1 Å². The molecule has 3 amide bonds. The molecule has 12 heteroatoms. The normalized spacial score (nSPS) is 19.5. The third-order valence-electron chi connectivity index (χ3n) is 8.80. The van der Waals surface area contributed by atoms with E-state index in [9.17, 15) is 24.6 Å². The van der Waals surface area contributed by atoms with Gasteiger partial charge in [-0.15, -0.1) is 0 Å². The number of carboxylic acids is 1. The van der Waals surface area contributed by atoms with E-state index < -0.39 is 18.0 Å². The highest BCUT2D eigenvalue weighted by molar-refractivity contribution is 6.02. The Kier molecular flexibility index (Phi) is 14.0. The fourth-order valence-corrected chi connectivity index (χ4v) is 5.87. The average Bonchev–Trinajstić information content (AvgIpc) is 3.10. The van der Waals surface area contributed by atoms with Gasteiger partial charge in [-0.1, -0.05) is 19.1 Å². The van der Waals surface area contributed by atoms with E-state index in [1.807, 2.05) is 33.0 Å². The zero-order valence-corrected chi connectivity index (χ0v) is 29.6. The van der Waals surface area contributed by atoms with Gasteiger partial charge in [-0.25, -0.2) is 9.59 Å². The lowest BCUT2D eigenvalue weighted by molar-refractivity contribution is -0.0177. The van der Waals surface area contributed by atoms with Crippen LogP contribution in [0.2, 0.25) is 0 Å². The number of hydrogen-bond donors (Lipinski definition) is 4. The van der Waals surface area contributed by atoms with Crippen molar-refractivity contribution < 1.29 is 38.8 Å². The highest BCUT2D eigenvalue weighted by atomic mass is 16.5. The summed E-state index contributed by atoms with van der Waals surface area (Å²) in [7, 11) is 3.56. The van der Waals surface area contributed by atoms with Crippen LogP contribution in [0.3, 0.4) is 0 Å². The Morgan fingerprint density at radius 1 is 1.02 bits per heavy atom. The number of anilines is 2. The number of methoxy groups -OCH3 is 1. The number of nitrogens with zero attached hydrogens (tertiary/aromatic N) is 2. The first kappa shape index (κ1) is 38.2. The van der Waals surface area contributed by atoms with E-state index in [-0.39, 0.29) is 41.8 Å². The minimum atomic E-state index is -0.964. The lowest BCUT2D eigenvalue weighted by atomic mass is 10.0. The molecule has 3 aromatic carbocycles. The van der Waals surface area contributed by atoms with Crippen molar-refractivity contribution in [1.82, 2.24) is 9.80 Å². The molecule has 0 aromatic heterocycles. The van der Waals surface area contributed by atoms with Gasteiger partial charge in [-0.05, 0) is 100 Å².